The normalized spacial score (nSPS) is 12.7. The van der Waals surface area contributed by atoms with E-state index in [1.54, 1.807) is 11.3 Å². The molecule has 0 aliphatic rings. The van der Waals surface area contributed by atoms with Crippen LogP contribution in [-0.4, -0.2) is 10.2 Å². The summed E-state index contributed by atoms with van der Waals surface area (Å²) in [5.41, 5.74) is 10.4. The van der Waals surface area contributed by atoms with Gasteiger partial charge in [0.1, 0.15) is 0 Å². The van der Waals surface area contributed by atoms with Gasteiger partial charge in [0.05, 0.1) is 17.4 Å². The van der Waals surface area contributed by atoms with Gasteiger partial charge >= 0.3 is 0 Å². The Hall–Kier alpha value is -0.780. The Morgan fingerprint density at radius 3 is 2.71 bits per heavy atom. The van der Waals surface area contributed by atoms with Crippen molar-refractivity contribution in [3.8, 4) is 0 Å². The van der Waals surface area contributed by atoms with Crippen molar-refractivity contribution < 1.29 is 0 Å². The third kappa shape index (κ3) is 2.56. The summed E-state index contributed by atoms with van der Waals surface area (Å²) in [5, 5.41) is 12.4. The minimum absolute atomic E-state index is 0.139. The first-order valence-electron chi connectivity index (χ1n) is 5.43. The van der Waals surface area contributed by atoms with E-state index in [0.717, 1.165) is 33.4 Å². The SMILES string of the molecule is CCc1nnc(C)cc1C(N)c1cscc1Br. The molecule has 0 saturated carbocycles. The smallest absolute Gasteiger partial charge is 0.0679 e. The molecule has 90 valence electrons. The molecule has 0 bridgehead atoms. The molecule has 1 atom stereocenters. The van der Waals surface area contributed by atoms with Gasteiger partial charge in [-0.25, -0.2) is 0 Å². The molecule has 1 unspecified atom stereocenters. The third-order valence-electron chi connectivity index (χ3n) is 2.67. The number of hydrogen-bond donors (Lipinski definition) is 1. The van der Waals surface area contributed by atoms with Crippen molar-refractivity contribution in [3.05, 3.63) is 43.8 Å². The molecular weight excluding hydrogens is 298 g/mol. The zero-order valence-electron chi connectivity index (χ0n) is 9.77. The monoisotopic (exact) mass is 311 g/mol. The highest BCUT2D eigenvalue weighted by molar-refractivity contribution is 9.10. The van der Waals surface area contributed by atoms with Gasteiger partial charge in [0.2, 0.25) is 0 Å². The van der Waals surface area contributed by atoms with Gasteiger partial charge in [-0.3, -0.25) is 0 Å². The van der Waals surface area contributed by atoms with Crippen LogP contribution in [0.15, 0.2) is 21.3 Å². The van der Waals surface area contributed by atoms with E-state index in [9.17, 15) is 0 Å². The molecule has 0 saturated heterocycles. The van der Waals surface area contributed by atoms with E-state index >= 15 is 0 Å². The Morgan fingerprint density at radius 2 is 2.12 bits per heavy atom. The summed E-state index contributed by atoms with van der Waals surface area (Å²) < 4.78 is 1.06. The predicted molar refractivity (Wildman–Crippen MR) is 74.2 cm³/mol. The summed E-state index contributed by atoms with van der Waals surface area (Å²) >= 11 is 5.17. The summed E-state index contributed by atoms with van der Waals surface area (Å²) in [6.07, 6.45) is 0.845. The maximum Gasteiger partial charge on any atom is 0.0679 e. The minimum Gasteiger partial charge on any atom is -0.320 e. The fourth-order valence-electron chi connectivity index (χ4n) is 1.76. The van der Waals surface area contributed by atoms with E-state index in [1.165, 1.54) is 0 Å². The predicted octanol–water partition coefficient (Wildman–Crippen LogP) is 3.22. The van der Waals surface area contributed by atoms with Crippen molar-refractivity contribution >= 4 is 27.3 Å². The molecule has 5 heteroatoms. The largest absolute Gasteiger partial charge is 0.320 e. The van der Waals surface area contributed by atoms with E-state index in [0.29, 0.717) is 0 Å². The molecule has 3 nitrogen and oxygen atoms in total. The Labute approximate surface area is 113 Å². The van der Waals surface area contributed by atoms with Gasteiger partial charge < -0.3 is 5.73 Å². The summed E-state index contributed by atoms with van der Waals surface area (Å²) in [4.78, 5) is 0. The van der Waals surface area contributed by atoms with Crippen LogP contribution in [0.2, 0.25) is 0 Å². The molecule has 0 aromatic carbocycles. The highest BCUT2D eigenvalue weighted by Gasteiger charge is 2.17. The number of nitrogens with two attached hydrogens (primary N) is 1. The standard InChI is InChI=1S/C12H14BrN3S/c1-3-11-8(4-7(2)15-16-11)12(14)9-5-17-6-10(9)13/h4-6,12H,3,14H2,1-2H3. The molecule has 0 radical (unpaired) electrons. The second-order valence-electron chi connectivity index (χ2n) is 3.89. The molecule has 0 aliphatic carbocycles. The molecule has 0 spiro atoms. The highest BCUT2D eigenvalue weighted by atomic mass is 79.9. The number of rotatable bonds is 3. The molecule has 2 aromatic rings. The minimum atomic E-state index is -0.139. The number of aromatic nitrogens is 2. The van der Waals surface area contributed by atoms with E-state index in [-0.39, 0.29) is 6.04 Å². The van der Waals surface area contributed by atoms with Crippen LogP contribution in [0, 0.1) is 6.92 Å². The third-order valence-corrected chi connectivity index (χ3v) is 4.42. The summed E-state index contributed by atoms with van der Waals surface area (Å²) in [7, 11) is 0. The van der Waals surface area contributed by atoms with Gasteiger partial charge in [-0.15, -0.1) is 0 Å². The van der Waals surface area contributed by atoms with Crippen LogP contribution in [0.4, 0.5) is 0 Å². The van der Waals surface area contributed by atoms with Crippen molar-refractivity contribution in [3.63, 3.8) is 0 Å². The van der Waals surface area contributed by atoms with Gasteiger partial charge in [0, 0.05) is 9.85 Å². The second-order valence-corrected chi connectivity index (χ2v) is 5.49. The quantitative estimate of drug-likeness (QED) is 0.947. The van der Waals surface area contributed by atoms with Gasteiger partial charge in [-0.05, 0) is 51.8 Å². The fourth-order valence-corrected chi connectivity index (χ4v) is 3.34. The van der Waals surface area contributed by atoms with Crippen molar-refractivity contribution in [1.29, 1.82) is 0 Å². The summed E-state index contributed by atoms with van der Waals surface area (Å²) in [5.74, 6) is 0. The molecule has 2 rings (SSSR count). The first-order valence-corrected chi connectivity index (χ1v) is 7.17. The Bertz CT molecular complexity index is 524. The molecular formula is C12H14BrN3S. The lowest BCUT2D eigenvalue weighted by Crippen LogP contribution is -2.15. The molecule has 2 N–H and O–H groups in total. The van der Waals surface area contributed by atoms with Crippen molar-refractivity contribution in [2.75, 3.05) is 0 Å². The van der Waals surface area contributed by atoms with Crippen molar-refractivity contribution in [2.45, 2.75) is 26.3 Å². The van der Waals surface area contributed by atoms with Gasteiger partial charge in [-0.1, -0.05) is 6.92 Å². The Balaban J connectivity index is 2.46. The lowest BCUT2D eigenvalue weighted by atomic mass is 9.99. The molecule has 17 heavy (non-hydrogen) atoms. The van der Waals surface area contributed by atoms with Crippen LogP contribution in [0.1, 0.15) is 35.5 Å². The van der Waals surface area contributed by atoms with Crippen LogP contribution in [0.25, 0.3) is 0 Å². The van der Waals surface area contributed by atoms with Crippen LogP contribution in [0.5, 0.6) is 0 Å². The zero-order chi connectivity index (χ0) is 12.4. The van der Waals surface area contributed by atoms with Crippen LogP contribution in [0.3, 0.4) is 0 Å². The van der Waals surface area contributed by atoms with Gasteiger partial charge in [0.15, 0.2) is 0 Å². The van der Waals surface area contributed by atoms with E-state index < -0.39 is 0 Å². The molecule has 0 aliphatic heterocycles. The van der Waals surface area contributed by atoms with Crippen molar-refractivity contribution in [1.82, 2.24) is 10.2 Å². The number of aryl methyl sites for hydroxylation is 2. The molecule has 2 heterocycles. The van der Waals surface area contributed by atoms with E-state index in [4.69, 9.17) is 5.73 Å². The maximum atomic E-state index is 6.32. The zero-order valence-corrected chi connectivity index (χ0v) is 12.2. The van der Waals surface area contributed by atoms with Crippen LogP contribution in [-0.2, 0) is 6.42 Å². The number of nitrogens with zero attached hydrogens (tertiary/aromatic N) is 2. The number of hydrogen-bond acceptors (Lipinski definition) is 4. The lowest BCUT2D eigenvalue weighted by Gasteiger charge is -2.15. The summed E-state index contributed by atoms with van der Waals surface area (Å²) in [6, 6.07) is 1.89. The second kappa shape index (κ2) is 5.25. The molecule has 0 amide bonds. The first kappa shape index (κ1) is 12.7. The maximum absolute atomic E-state index is 6.32. The van der Waals surface area contributed by atoms with Crippen LogP contribution >= 0.6 is 27.3 Å². The van der Waals surface area contributed by atoms with Crippen molar-refractivity contribution in [2.24, 2.45) is 5.73 Å². The van der Waals surface area contributed by atoms with E-state index in [1.807, 2.05) is 18.4 Å². The average molecular weight is 312 g/mol. The Kier molecular flexibility index (Phi) is 3.91. The average Bonchev–Trinajstić information content (AvgIpc) is 2.74. The topological polar surface area (TPSA) is 51.8 Å². The molecule has 0 fully saturated rings. The van der Waals surface area contributed by atoms with Crippen LogP contribution < -0.4 is 5.73 Å². The van der Waals surface area contributed by atoms with Gasteiger partial charge in [-0.2, -0.15) is 21.5 Å². The number of halogens is 1. The Morgan fingerprint density at radius 1 is 1.35 bits per heavy atom. The fraction of sp³-hybridized carbons (Fsp3) is 0.333. The highest BCUT2D eigenvalue weighted by Crippen LogP contribution is 2.31. The molecule has 2 aromatic heterocycles. The van der Waals surface area contributed by atoms with Gasteiger partial charge in [0.25, 0.3) is 0 Å². The lowest BCUT2D eigenvalue weighted by molar-refractivity contribution is 0.790. The number of thiophene rings is 1. The summed E-state index contributed by atoms with van der Waals surface area (Å²) in [6.45, 7) is 4.00. The first-order chi connectivity index (χ1) is 8.13. The van der Waals surface area contributed by atoms with E-state index in [2.05, 4.69) is 38.4 Å².